The van der Waals surface area contributed by atoms with E-state index in [-0.39, 0.29) is 11.6 Å². The van der Waals surface area contributed by atoms with Crippen molar-refractivity contribution < 1.29 is 9.18 Å². The molecule has 0 fully saturated rings. The summed E-state index contributed by atoms with van der Waals surface area (Å²) < 4.78 is 13.2. The van der Waals surface area contributed by atoms with Crippen LogP contribution in [0.3, 0.4) is 0 Å². The first-order chi connectivity index (χ1) is 9.24. The molecule has 3 aromatic rings. The van der Waals surface area contributed by atoms with E-state index in [9.17, 15) is 9.18 Å². The Morgan fingerprint density at radius 3 is 2.74 bits per heavy atom. The topological polar surface area (TPSA) is 57.8 Å². The van der Waals surface area contributed by atoms with Crippen molar-refractivity contribution in [3.05, 3.63) is 60.0 Å². The van der Waals surface area contributed by atoms with Crippen LogP contribution in [0.5, 0.6) is 0 Å². The van der Waals surface area contributed by atoms with E-state index in [1.807, 2.05) is 18.2 Å². The van der Waals surface area contributed by atoms with Crippen molar-refractivity contribution in [1.29, 1.82) is 0 Å². The zero-order chi connectivity index (χ0) is 13.2. The minimum atomic E-state index is -0.400. The lowest BCUT2D eigenvalue weighted by molar-refractivity contribution is 0.102. The third-order valence-electron chi connectivity index (χ3n) is 2.77. The van der Waals surface area contributed by atoms with Crippen LogP contribution < -0.4 is 5.32 Å². The maximum Gasteiger partial charge on any atom is 0.276 e. The fourth-order valence-corrected chi connectivity index (χ4v) is 1.87. The molecule has 0 bridgehead atoms. The number of para-hydroxylation sites is 1. The number of H-pyrrole nitrogens is 1. The van der Waals surface area contributed by atoms with Gasteiger partial charge < -0.3 is 5.32 Å². The van der Waals surface area contributed by atoms with E-state index in [0.29, 0.717) is 16.6 Å². The number of anilines is 1. The molecule has 1 heterocycles. The summed E-state index contributed by atoms with van der Waals surface area (Å²) in [5, 5.41) is 9.81. The third-order valence-corrected chi connectivity index (χ3v) is 2.77. The number of aromatic amines is 1. The summed E-state index contributed by atoms with van der Waals surface area (Å²) in [5.74, 6) is -0.772. The number of rotatable bonds is 2. The average molecular weight is 255 g/mol. The molecule has 2 aromatic carbocycles. The van der Waals surface area contributed by atoms with E-state index >= 15 is 0 Å². The van der Waals surface area contributed by atoms with Crippen LogP contribution in [0.2, 0.25) is 0 Å². The Bertz CT molecular complexity index is 737. The van der Waals surface area contributed by atoms with Gasteiger partial charge in [-0.25, -0.2) is 4.39 Å². The van der Waals surface area contributed by atoms with Crippen molar-refractivity contribution in [2.24, 2.45) is 0 Å². The fraction of sp³-hybridized carbons (Fsp3) is 0. The van der Waals surface area contributed by atoms with E-state index in [1.54, 1.807) is 18.2 Å². The highest BCUT2D eigenvalue weighted by Gasteiger charge is 2.14. The largest absolute Gasteiger partial charge is 0.321 e. The highest BCUT2D eigenvalue weighted by Crippen LogP contribution is 2.18. The number of aromatic nitrogens is 2. The van der Waals surface area contributed by atoms with Crippen molar-refractivity contribution in [1.82, 2.24) is 10.2 Å². The van der Waals surface area contributed by atoms with Crippen LogP contribution >= 0.6 is 0 Å². The molecule has 94 valence electrons. The van der Waals surface area contributed by atoms with Gasteiger partial charge in [0.25, 0.3) is 5.91 Å². The Hall–Kier alpha value is -2.69. The van der Waals surface area contributed by atoms with Gasteiger partial charge in [-0.05, 0) is 30.3 Å². The summed E-state index contributed by atoms with van der Waals surface area (Å²) in [7, 11) is 0. The molecule has 0 radical (unpaired) electrons. The summed E-state index contributed by atoms with van der Waals surface area (Å²) in [6.45, 7) is 0. The first-order valence-electron chi connectivity index (χ1n) is 5.74. The zero-order valence-corrected chi connectivity index (χ0v) is 9.85. The number of hydrogen-bond donors (Lipinski definition) is 2. The first-order valence-corrected chi connectivity index (χ1v) is 5.74. The van der Waals surface area contributed by atoms with Gasteiger partial charge in [0.1, 0.15) is 5.82 Å². The zero-order valence-electron chi connectivity index (χ0n) is 9.85. The predicted molar refractivity (Wildman–Crippen MR) is 70.4 cm³/mol. The highest BCUT2D eigenvalue weighted by molar-refractivity contribution is 6.11. The molecule has 19 heavy (non-hydrogen) atoms. The third kappa shape index (κ3) is 2.18. The van der Waals surface area contributed by atoms with Gasteiger partial charge in [-0.3, -0.25) is 9.89 Å². The lowest BCUT2D eigenvalue weighted by atomic mass is 10.2. The van der Waals surface area contributed by atoms with Crippen LogP contribution in [0.15, 0.2) is 48.5 Å². The molecule has 0 aliphatic carbocycles. The van der Waals surface area contributed by atoms with Crippen LogP contribution in [0.25, 0.3) is 10.9 Å². The number of hydrogen-bond acceptors (Lipinski definition) is 2. The second kappa shape index (κ2) is 4.53. The molecule has 1 amide bonds. The minimum Gasteiger partial charge on any atom is -0.321 e. The lowest BCUT2D eigenvalue weighted by Gasteiger charge is -2.02. The van der Waals surface area contributed by atoms with Crippen molar-refractivity contribution >= 4 is 22.5 Å². The van der Waals surface area contributed by atoms with Crippen LogP contribution in [0.1, 0.15) is 10.5 Å². The molecule has 0 unspecified atom stereocenters. The molecule has 0 saturated carbocycles. The molecule has 4 nitrogen and oxygen atoms in total. The number of amides is 1. The van der Waals surface area contributed by atoms with E-state index in [4.69, 9.17) is 0 Å². The number of carbonyl (C=O) groups is 1. The van der Waals surface area contributed by atoms with E-state index in [0.717, 1.165) is 0 Å². The SMILES string of the molecule is O=C(Nc1ccccc1)c1n[nH]c2ccc(F)cc12. The number of nitrogens with zero attached hydrogens (tertiary/aromatic N) is 1. The molecule has 0 aliphatic heterocycles. The van der Waals surface area contributed by atoms with Crippen LogP contribution in [-0.4, -0.2) is 16.1 Å². The maximum atomic E-state index is 13.2. The Balaban J connectivity index is 1.96. The molecule has 0 spiro atoms. The summed E-state index contributed by atoms with van der Waals surface area (Å²) >= 11 is 0. The maximum absolute atomic E-state index is 13.2. The second-order valence-electron chi connectivity index (χ2n) is 4.08. The Kier molecular flexibility index (Phi) is 2.72. The van der Waals surface area contributed by atoms with Crippen molar-refractivity contribution in [3.63, 3.8) is 0 Å². The van der Waals surface area contributed by atoms with Crippen molar-refractivity contribution in [2.75, 3.05) is 5.32 Å². The van der Waals surface area contributed by atoms with E-state index in [2.05, 4.69) is 15.5 Å². The molecule has 2 N–H and O–H groups in total. The van der Waals surface area contributed by atoms with Crippen molar-refractivity contribution in [3.8, 4) is 0 Å². The van der Waals surface area contributed by atoms with Gasteiger partial charge in [0.15, 0.2) is 5.69 Å². The van der Waals surface area contributed by atoms with Gasteiger partial charge in [-0.2, -0.15) is 5.10 Å². The Morgan fingerprint density at radius 1 is 1.16 bits per heavy atom. The summed E-state index contributed by atoms with van der Waals surface area (Å²) in [4.78, 5) is 12.1. The first kappa shape index (κ1) is 11.4. The number of halogens is 1. The lowest BCUT2D eigenvalue weighted by Crippen LogP contribution is -2.12. The molecule has 0 atom stereocenters. The molecule has 0 aliphatic rings. The monoisotopic (exact) mass is 255 g/mol. The number of benzene rings is 2. The van der Waals surface area contributed by atoms with Gasteiger partial charge in [-0.15, -0.1) is 0 Å². The van der Waals surface area contributed by atoms with Crippen LogP contribution in [-0.2, 0) is 0 Å². The second-order valence-corrected chi connectivity index (χ2v) is 4.08. The van der Waals surface area contributed by atoms with Gasteiger partial charge >= 0.3 is 0 Å². The van der Waals surface area contributed by atoms with E-state index < -0.39 is 5.82 Å². The quantitative estimate of drug-likeness (QED) is 0.739. The normalized spacial score (nSPS) is 10.6. The van der Waals surface area contributed by atoms with Gasteiger partial charge in [0.2, 0.25) is 0 Å². The number of carbonyl (C=O) groups excluding carboxylic acids is 1. The average Bonchev–Trinajstić information content (AvgIpc) is 2.82. The van der Waals surface area contributed by atoms with Crippen LogP contribution in [0, 0.1) is 5.82 Å². The van der Waals surface area contributed by atoms with E-state index in [1.165, 1.54) is 12.1 Å². The van der Waals surface area contributed by atoms with Gasteiger partial charge in [0, 0.05) is 11.1 Å². The predicted octanol–water partition coefficient (Wildman–Crippen LogP) is 2.95. The van der Waals surface area contributed by atoms with Gasteiger partial charge in [-0.1, -0.05) is 18.2 Å². The summed E-state index contributed by atoms with van der Waals surface area (Å²) in [5.41, 5.74) is 1.47. The smallest absolute Gasteiger partial charge is 0.276 e. The summed E-state index contributed by atoms with van der Waals surface area (Å²) in [6.07, 6.45) is 0. The fourth-order valence-electron chi connectivity index (χ4n) is 1.87. The molecule has 5 heteroatoms. The van der Waals surface area contributed by atoms with Crippen molar-refractivity contribution in [2.45, 2.75) is 0 Å². The summed E-state index contributed by atoms with van der Waals surface area (Å²) in [6, 6.07) is 13.2. The molecular formula is C14H10FN3O. The van der Waals surface area contributed by atoms with Crippen LogP contribution in [0.4, 0.5) is 10.1 Å². The molecular weight excluding hydrogens is 245 g/mol. The molecule has 0 saturated heterocycles. The van der Waals surface area contributed by atoms with Gasteiger partial charge in [0.05, 0.1) is 5.52 Å². The molecule has 3 rings (SSSR count). The minimum absolute atomic E-state index is 0.179. The Labute approximate surface area is 108 Å². The Morgan fingerprint density at radius 2 is 1.95 bits per heavy atom. The standard InChI is InChI=1S/C14H10FN3O/c15-9-6-7-12-11(8-9)13(18-17-12)14(19)16-10-4-2-1-3-5-10/h1-8H,(H,16,19)(H,17,18). The number of fused-ring (bicyclic) bond motifs is 1. The molecule has 1 aromatic heterocycles. The number of nitrogens with one attached hydrogen (secondary N) is 2. The highest BCUT2D eigenvalue weighted by atomic mass is 19.1.